The Morgan fingerprint density at radius 1 is 0.588 bits per heavy atom. The minimum Gasteiger partial charge on any atom is -0.395 e. The largest absolute Gasteiger partial charge is 0.395 e. The van der Waals surface area contributed by atoms with Gasteiger partial charge in [0.1, 0.15) is 16.5 Å². The maximum absolute atomic E-state index is 12.7. The van der Waals surface area contributed by atoms with Gasteiger partial charge in [0.05, 0.1) is 42.3 Å². The van der Waals surface area contributed by atoms with Crippen LogP contribution < -0.4 is 20.9 Å². The van der Waals surface area contributed by atoms with Crippen LogP contribution >= 0.6 is 0 Å². The van der Waals surface area contributed by atoms with E-state index < -0.39 is 52.8 Å². The molecule has 2 heterocycles. The van der Waals surface area contributed by atoms with Gasteiger partial charge in [-0.05, 0) is 64.7 Å². The zero-order chi connectivity index (χ0) is 49.1. The molecule has 360 valence electrons. The molecular formula is C42H46N10O13S3. The molecule has 0 saturated carbocycles. The Hall–Kier alpha value is -6.43. The van der Waals surface area contributed by atoms with E-state index in [1.165, 1.54) is 59.5 Å². The van der Waals surface area contributed by atoms with Crippen molar-refractivity contribution >= 4 is 71.7 Å². The number of aromatic nitrogens is 6. The second kappa shape index (κ2) is 22.6. The maximum atomic E-state index is 12.7. The topological polar surface area (TPSA) is 361 Å². The van der Waals surface area contributed by atoms with Crippen molar-refractivity contribution in [1.82, 2.24) is 35.2 Å². The monoisotopic (exact) mass is 994 g/mol. The fraction of sp³-hybridized carbons (Fsp3) is 0.238. The summed E-state index contributed by atoms with van der Waals surface area (Å²) in [5.41, 5.74) is 1.94. The van der Waals surface area contributed by atoms with Crippen molar-refractivity contribution in [3.05, 3.63) is 131 Å². The molecule has 0 radical (unpaired) electrons. The van der Waals surface area contributed by atoms with Crippen molar-refractivity contribution < 1.29 is 59.3 Å². The van der Waals surface area contributed by atoms with E-state index in [0.29, 0.717) is 16.8 Å². The molecule has 0 amide bonds. The van der Waals surface area contributed by atoms with Crippen LogP contribution in [-0.2, 0) is 43.2 Å². The van der Waals surface area contributed by atoms with E-state index >= 15 is 0 Å². The first kappa shape index (κ1) is 51.0. The van der Waals surface area contributed by atoms with E-state index in [-0.39, 0.29) is 109 Å². The first-order valence-corrected chi connectivity index (χ1v) is 24.7. The molecule has 0 aliphatic heterocycles. The van der Waals surface area contributed by atoms with Gasteiger partial charge in [-0.15, -0.1) is 0 Å². The number of hydrogen-bond donors (Lipinski definition) is 10. The van der Waals surface area contributed by atoms with Crippen molar-refractivity contribution in [2.75, 3.05) is 61.6 Å². The molecule has 0 spiro atoms. The molecule has 0 aliphatic rings. The smallest absolute Gasteiger partial charge is 0.295 e. The summed E-state index contributed by atoms with van der Waals surface area (Å²) in [6, 6.07) is 21.1. The standard InChI is InChI=1S/C42H46N10O13S3/c53-19-16-43-34(26-56)39-46-38(24-30-4-1-2-7-35(30)67(60,61)62)48-40(50-39)44-31-14-10-27(11-15-31)8-12-29-13-9-28(22-36(29)68(63,64)65)23-37-47-41(51-42(49-37)52(17-20-54)18-21-55)45-32-5-3-6-33(25-32)66(57,58)59/h1-15,22,25,34,43,53-56H,16-21,23-24,26H2,(H,57,58,59)(H,60,61,62)(H,63,64,65)(H,44,46,48,50)(H,45,47,49,51)/b12-8+. The molecule has 2 aromatic heterocycles. The van der Waals surface area contributed by atoms with Crippen molar-refractivity contribution in [2.45, 2.75) is 33.6 Å². The highest BCUT2D eigenvalue weighted by atomic mass is 32.2. The molecule has 0 fully saturated rings. The van der Waals surface area contributed by atoms with Crippen LogP contribution in [0.3, 0.4) is 0 Å². The summed E-state index contributed by atoms with van der Waals surface area (Å²) in [5.74, 6) is 0.233. The van der Waals surface area contributed by atoms with Crippen LogP contribution in [0.2, 0.25) is 0 Å². The van der Waals surface area contributed by atoms with Gasteiger partial charge in [-0.3, -0.25) is 13.7 Å². The predicted octanol–water partition coefficient (Wildman–Crippen LogP) is 2.04. The number of aliphatic hydroxyl groups is 4. The lowest BCUT2D eigenvalue weighted by Crippen LogP contribution is -2.32. The quantitative estimate of drug-likeness (QED) is 0.0324. The highest BCUT2D eigenvalue weighted by molar-refractivity contribution is 7.86. The van der Waals surface area contributed by atoms with E-state index in [9.17, 15) is 59.3 Å². The summed E-state index contributed by atoms with van der Waals surface area (Å²) in [7, 11) is -13.9. The average molecular weight is 995 g/mol. The van der Waals surface area contributed by atoms with Crippen LogP contribution in [0.1, 0.15) is 45.8 Å². The molecular weight excluding hydrogens is 949 g/mol. The highest BCUT2D eigenvalue weighted by Gasteiger charge is 2.22. The van der Waals surface area contributed by atoms with Gasteiger partial charge in [0, 0.05) is 43.9 Å². The molecule has 68 heavy (non-hydrogen) atoms. The van der Waals surface area contributed by atoms with Gasteiger partial charge >= 0.3 is 0 Å². The van der Waals surface area contributed by atoms with Crippen LogP contribution in [0.5, 0.6) is 0 Å². The predicted molar refractivity (Wildman–Crippen MR) is 247 cm³/mol. The van der Waals surface area contributed by atoms with E-state index in [1.54, 1.807) is 42.5 Å². The molecule has 10 N–H and O–H groups in total. The van der Waals surface area contributed by atoms with Crippen LogP contribution in [0, 0.1) is 0 Å². The van der Waals surface area contributed by atoms with Crippen molar-refractivity contribution in [3.63, 3.8) is 0 Å². The number of benzene rings is 4. The summed E-state index contributed by atoms with van der Waals surface area (Å²) >= 11 is 0. The van der Waals surface area contributed by atoms with Gasteiger partial charge < -0.3 is 41.3 Å². The minimum absolute atomic E-state index is 0.0199. The minimum atomic E-state index is -4.80. The molecule has 1 atom stereocenters. The second-order valence-corrected chi connectivity index (χ2v) is 18.8. The van der Waals surface area contributed by atoms with Crippen molar-refractivity contribution in [2.24, 2.45) is 0 Å². The van der Waals surface area contributed by atoms with Crippen LogP contribution in [0.15, 0.2) is 106 Å². The van der Waals surface area contributed by atoms with Gasteiger partial charge in [-0.2, -0.15) is 50.2 Å². The van der Waals surface area contributed by atoms with Gasteiger partial charge in [-0.1, -0.05) is 60.7 Å². The maximum Gasteiger partial charge on any atom is 0.295 e. The van der Waals surface area contributed by atoms with E-state index in [1.807, 2.05) is 0 Å². The molecule has 1 unspecified atom stereocenters. The molecule has 23 nitrogen and oxygen atoms in total. The fourth-order valence-electron chi connectivity index (χ4n) is 6.60. The molecule has 6 rings (SSSR count). The Labute approximate surface area is 390 Å². The third-order valence-corrected chi connectivity index (χ3v) is 12.4. The van der Waals surface area contributed by atoms with Crippen LogP contribution in [0.4, 0.5) is 29.2 Å². The Kier molecular flexibility index (Phi) is 16.9. The Bertz CT molecular complexity index is 3090. The number of aliphatic hydroxyl groups excluding tert-OH is 4. The average Bonchev–Trinajstić information content (AvgIpc) is 3.28. The van der Waals surface area contributed by atoms with E-state index in [2.05, 4.69) is 45.9 Å². The summed E-state index contributed by atoms with van der Waals surface area (Å²) in [6.07, 6.45) is 2.83. The lowest BCUT2D eigenvalue weighted by atomic mass is 10.1. The summed E-state index contributed by atoms with van der Waals surface area (Å²) in [6.45, 7) is -1.20. The van der Waals surface area contributed by atoms with Gasteiger partial charge in [0.25, 0.3) is 30.4 Å². The third kappa shape index (κ3) is 14.1. The SMILES string of the molecule is O=S(=O)(O)c1cccc(Nc2nc(Cc3ccc(/C=C/c4ccc(Nc5nc(Cc6ccccc6S(=O)(=O)O)nc(C(CO)NCCO)n5)cc4)c(S(=O)(=O)O)c3)nc(N(CCO)CCO)n2)c1. The Balaban J connectivity index is 1.25. The fourth-order valence-corrected chi connectivity index (χ4v) is 8.59. The number of anilines is 5. The Morgan fingerprint density at radius 3 is 1.90 bits per heavy atom. The van der Waals surface area contributed by atoms with E-state index in [4.69, 9.17) is 0 Å². The zero-order valence-electron chi connectivity index (χ0n) is 35.7. The highest BCUT2D eigenvalue weighted by Crippen LogP contribution is 2.26. The second-order valence-electron chi connectivity index (χ2n) is 14.6. The summed E-state index contributed by atoms with van der Waals surface area (Å²) < 4.78 is 103. The normalized spacial score (nSPS) is 12.6. The molecule has 4 aromatic carbocycles. The van der Waals surface area contributed by atoms with E-state index in [0.717, 1.165) is 6.07 Å². The summed E-state index contributed by atoms with van der Waals surface area (Å²) in [5, 5.41) is 47.6. The molecule has 6 aromatic rings. The molecule has 26 heteroatoms. The first-order valence-electron chi connectivity index (χ1n) is 20.3. The molecule has 0 aliphatic carbocycles. The lowest BCUT2D eigenvalue weighted by Gasteiger charge is -2.21. The first-order chi connectivity index (χ1) is 32.4. The van der Waals surface area contributed by atoms with Crippen molar-refractivity contribution in [3.8, 4) is 0 Å². The number of nitrogens with one attached hydrogen (secondary N) is 3. The van der Waals surface area contributed by atoms with Gasteiger partial charge in [0.2, 0.25) is 17.8 Å². The Morgan fingerprint density at radius 2 is 1.25 bits per heavy atom. The summed E-state index contributed by atoms with van der Waals surface area (Å²) in [4.78, 5) is 26.8. The zero-order valence-corrected chi connectivity index (χ0v) is 38.1. The van der Waals surface area contributed by atoms with Crippen LogP contribution in [0.25, 0.3) is 12.2 Å². The van der Waals surface area contributed by atoms with Crippen LogP contribution in [-0.4, -0.2) is 135 Å². The number of rotatable bonds is 23. The van der Waals surface area contributed by atoms with Crippen molar-refractivity contribution in [1.29, 1.82) is 0 Å². The number of nitrogens with zero attached hydrogens (tertiary/aromatic N) is 7. The third-order valence-electron chi connectivity index (χ3n) is 9.72. The molecule has 0 saturated heterocycles. The lowest BCUT2D eigenvalue weighted by molar-refractivity contribution is 0.222. The van der Waals surface area contributed by atoms with Gasteiger partial charge in [0.15, 0.2) is 5.82 Å². The number of hydrogen-bond acceptors (Lipinski definition) is 20. The molecule has 0 bridgehead atoms. The van der Waals surface area contributed by atoms with Gasteiger partial charge in [-0.25, -0.2) is 4.98 Å².